The van der Waals surface area contributed by atoms with Gasteiger partial charge >= 0.3 is 0 Å². The van der Waals surface area contributed by atoms with Gasteiger partial charge in [0.1, 0.15) is 17.5 Å². The Bertz CT molecular complexity index is 990. The summed E-state index contributed by atoms with van der Waals surface area (Å²) in [7, 11) is -0.546. The number of anilines is 1. The Labute approximate surface area is 185 Å². The molecule has 0 saturated heterocycles. The standard InChI is InChI=1S/C23H32N2O5S/c1-7-20(17-9-14-22(30-5)16(3)15-17)24-23(26)21(8-2)25(31(6,27)28)18-10-12-19(29-4)13-11-18/h9-15,20-21H,7-8H2,1-6H3,(H,24,26)/t20-,21+/m0/s1. The van der Waals surface area contributed by atoms with Crippen LogP contribution in [0, 0.1) is 6.92 Å². The molecule has 1 N–H and O–H groups in total. The Balaban J connectivity index is 2.34. The van der Waals surface area contributed by atoms with Crippen molar-refractivity contribution in [1.82, 2.24) is 5.32 Å². The zero-order valence-electron chi connectivity index (χ0n) is 19.0. The lowest BCUT2D eigenvalue weighted by Crippen LogP contribution is -2.50. The van der Waals surface area contributed by atoms with E-state index in [-0.39, 0.29) is 11.9 Å². The van der Waals surface area contributed by atoms with E-state index in [4.69, 9.17) is 9.47 Å². The van der Waals surface area contributed by atoms with Crippen molar-refractivity contribution in [2.75, 3.05) is 24.8 Å². The van der Waals surface area contributed by atoms with Crippen molar-refractivity contribution < 1.29 is 22.7 Å². The van der Waals surface area contributed by atoms with Crippen molar-refractivity contribution in [3.05, 3.63) is 53.6 Å². The largest absolute Gasteiger partial charge is 0.497 e. The van der Waals surface area contributed by atoms with Crippen LogP contribution in [0.25, 0.3) is 0 Å². The first kappa shape index (κ1) is 24.5. The van der Waals surface area contributed by atoms with Crippen molar-refractivity contribution in [2.24, 2.45) is 0 Å². The third kappa shape index (κ3) is 5.91. The number of ether oxygens (including phenoxy) is 2. The molecular weight excluding hydrogens is 416 g/mol. The van der Waals surface area contributed by atoms with Gasteiger partial charge in [-0.1, -0.05) is 26.0 Å². The molecule has 0 aliphatic heterocycles. The summed E-state index contributed by atoms with van der Waals surface area (Å²) in [5.41, 5.74) is 2.33. The summed E-state index contributed by atoms with van der Waals surface area (Å²) in [4.78, 5) is 13.2. The Kier molecular flexibility index (Phi) is 8.33. The van der Waals surface area contributed by atoms with Crippen LogP contribution in [0.4, 0.5) is 5.69 Å². The molecule has 0 fully saturated rings. The van der Waals surface area contributed by atoms with Crippen LogP contribution in [0.5, 0.6) is 11.5 Å². The minimum absolute atomic E-state index is 0.247. The maximum atomic E-state index is 13.2. The average molecular weight is 449 g/mol. The minimum atomic E-state index is -3.70. The van der Waals surface area contributed by atoms with E-state index in [9.17, 15) is 13.2 Å². The number of nitrogens with one attached hydrogen (secondary N) is 1. The van der Waals surface area contributed by atoms with E-state index in [0.29, 0.717) is 24.3 Å². The SMILES string of the molecule is CC[C@H](NC(=O)[C@@H](CC)N(c1ccc(OC)cc1)S(C)(=O)=O)c1ccc(OC)c(C)c1. The van der Waals surface area contributed by atoms with Gasteiger partial charge in [-0.3, -0.25) is 9.10 Å². The summed E-state index contributed by atoms with van der Waals surface area (Å²) in [6.45, 7) is 5.72. The highest BCUT2D eigenvalue weighted by Gasteiger charge is 2.32. The molecule has 0 bridgehead atoms. The zero-order chi connectivity index (χ0) is 23.2. The van der Waals surface area contributed by atoms with Crippen molar-refractivity contribution in [2.45, 2.75) is 45.7 Å². The Morgan fingerprint density at radius 1 is 1.03 bits per heavy atom. The van der Waals surface area contributed by atoms with Gasteiger partial charge in [0.15, 0.2) is 0 Å². The summed E-state index contributed by atoms with van der Waals surface area (Å²) in [6.07, 6.45) is 2.09. The second-order valence-corrected chi connectivity index (χ2v) is 9.24. The molecule has 0 unspecified atom stereocenters. The fourth-order valence-corrected chi connectivity index (χ4v) is 4.81. The maximum Gasteiger partial charge on any atom is 0.244 e. The number of carbonyl (C=O) groups is 1. The van der Waals surface area contributed by atoms with Crippen LogP contribution in [0.1, 0.15) is 43.9 Å². The molecule has 2 aromatic carbocycles. The normalized spacial score (nSPS) is 13.2. The first-order chi connectivity index (χ1) is 14.7. The number of nitrogens with zero attached hydrogens (tertiary/aromatic N) is 1. The highest BCUT2D eigenvalue weighted by molar-refractivity contribution is 7.92. The van der Waals surface area contributed by atoms with Gasteiger partial charge in [0.05, 0.1) is 32.2 Å². The molecule has 2 rings (SSSR count). The van der Waals surface area contributed by atoms with Gasteiger partial charge in [-0.15, -0.1) is 0 Å². The summed E-state index contributed by atoms with van der Waals surface area (Å²) in [6, 6.07) is 11.3. The number of sulfonamides is 1. The molecule has 0 saturated carbocycles. The van der Waals surface area contributed by atoms with Crippen LogP contribution in [0.15, 0.2) is 42.5 Å². The van der Waals surface area contributed by atoms with E-state index in [1.54, 1.807) is 38.3 Å². The van der Waals surface area contributed by atoms with Gasteiger partial charge in [-0.05, 0) is 61.2 Å². The molecular formula is C23H32N2O5S. The molecule has 0 aromatic heterocycles. The second-order valence-electron chi connectivity index (χ2n) is 7.38. The van der Waals surface area contributed by atoms with Gasteiger partial charge in [-0.25, -0.2) is 8.42 Å². The van der Waals surface area contributed by atoms with Crippen LogP contribution < -0.4 is 19.1 Å². The number of carbonyl (C=O) groups excluding carboxylic acids is 1. The highest BCUT2D eigenvalue weighted by Crippen LogP contribution is 2.27. The Morgan fingerprint density at radius 2 is 1.68 bits per heavy atom. The molecule has 0 radical (unpaired) electrons. The van der Waals surface area contributed by atoms with Crippen molar-refractivity contribution in [3.8, 4) is 11.5 Å². The van der Waals surface area contributed by atoms with Gasteiger partial charge in [0, 0.05) is 0 Å². The van der Waals surface area contributed by atoms with E-state index in [2.05, 4.69) is 5.32 Å². The number of amides is 1. The molecule has 31 heavy (non-hydrogen) atoms. The van der Waals surface area contributed by atoms with E-state index < -0.39 is 16.1 Å². The smallest absolute Gasteiger partial charge is 0.244 e. The molecule has 0 spiro atoms. The van der Waals surface area contributed by atoms with Crippen molar-refractivity contribution in [1.29, 1.82) is 0 Å². The van der Waals surface area contributed by atoms with Crippen LogP contribution in [-0.2, 0) is 14.8 Å². The monoisotopic (exact) mass is 448 g/mol. The first-order valence-electron chi connectivity index (χ1n) is 10.2. The number of methoxy groups -OCH3 is 2. The fraction of sp³-hybridized carbons (Fsp3) is 0.435. The van der Waals surface area contributed by atoms with E-state index in [0.717, 1.165) is 23.1 Å². The van der Waals surface area contributed by atoms with Crippen molar-refractivity contribution in [3.63, 3.8) is 0 Å². The van der Waals surface area contributed by atoms with Crippen LogP contribution in [-0.4, -0.2) is 40.8 Å². The van der Waals surface area contributed by atoms with E-state index in [1.165, 1.54) is 11.4 Å². The van der Waals surface area contributed by atoms with Gasteiger partial charge in [0.2, 0.25) is 15.9 Å². The van der Waals surface area contributed by atoms with Gasteiger partial charge in [-0.2, -0.15) is 0 Å². The molecule has 0 aliphatic carbocycles. The molecule has 170 valence electrons. The zero-order valence-corrected chi connectivity index (χ0v) is 19.8. The number of aryl methyl sites for hydroxylation is 1. The number of hydrogen-bond donors (Lipinski definition) is 1. The van der Waals surface area contributed by atoms with Crippen LogP contribution in [0.2, 0.25) is 0 Å². The third-order valence-corrected chi connectivity index (χ3v) is 6.38. The average Bonchev–Trinajstić information content (AvgIpc) is 2.74. The molecule has 1 amide bonds. The third-order valence-electron chi connectivity index (χ3n) is 5.20. The van der Waals surface area contributed by atoms with Gasteiger partial charge < -0.3 is 14.8 Å². The number of rotatable bonds is 10. The Morgan fingerprint density at radius 3 is 2.13 bits per heavy atom. The predicted octanol–water partition coefficient (Wildman–Crippen LogP) is 3.82. The lowest BCUT2D eigenvalue weighted by atomic mass is 10.0. The molecule has 0 aliphatic rings. The van der Waals surface area contributed by atoms with E-state index >= 15 is 0 Å². The van der Waals surface area contributed by atoms with Crippen LogP contribution in [0.3, 0.4) is 0 Å². The molecule has 2 atom stereocenters. The van der Waals surface area contributed by atoms with Crippen molar-refractivity contribution >= 4 is 21.6 Å². The first-order valence-corrected chi connectivity index (χ1v) is 12.1. The second kappa shape index (κ2) is 10.5. The maximum absolute atomic E-state index is 13.2. The number of benzene rings is 2. The van der Waals surface area contributed by atoms with E-state index in [1.807, 2.05) is 32.0 Å². The fourth-order valence-electron chi connectivity index (χ4n) is 3.60. The summed E-state index contributed by atoms with van der Waals surface area (Å²) >= 11 is 0. The summed E-state index contributed by atoms with van der Waals surface area (Å²) < 4.78 is 36.9. The predicted molar refractivity (Wildman–Crippen MR) is 123 cm³/mol. The summed E-state index contributed by atoms with van der Waals surface area (Å²) in [5.74, 6) is 1.04. The lowest BCUT2D eigenvalue weighted by molar-refractivity contribution is -0.123. The molecule has 7 nitrogen and oxygen atoms in total. The number of hydrogen-bond acceptors (Lipinski definition) is 5. The van der Waals surface area contributed by atoms with Crippen LogP contribution >= 0.6 is 0 Å². The lowest BCUT2D eigenvalue weighted by Gasteiger charge is -2.31. The Hall–Kier alpha value is -2.74. The molecule has 2 aromatic rings. The quantitative estimate of drug-likeness (QED) is 0.597. The minimum Gasteiger partial charge on any atom is -0.497 e. The highest BCUT2D eigenvalue weighted by atomic mass is 32.2. The topological polar surface area (TPSA) is 84.9 Å². The molecule has 0 heterocycles. The summed E-state index contributed by atoms with van der Waals surface area (Å²) in [5, 5.41) is 3.03. The van der Waals surface area contributed by atoms with Gasteiger partial charge in [0.25, 0.3) is 0 Å². The molecule has 8 heteroatoms.